The first kappa shape index (κ1) is 29.1. The predicted octanol–water partition coefficient (Wildman–Crippen LogP) is 2.82. The van der Waals surface area contributed by atoms with E-state index in [9.17, 15) is 19.2 Å². The number of likely N-dealkylation sites (tertiary alicyclic amines) is 1. The van der Waals surface area contributed by atoms with E-state index in [1.807, 2.05) is 23.1 Å². The molecule has 0 atom stereocenters. The molecule has 5 rings (SSSR count). The minimum absolute atomic E-state index is 0.0728. The molecule has 0 radical (unpaired) electrons. The molecule has 0 spiro atoms. The summed E-state index contributed by atoms with van der Waals surface area (Å²) in [4.78, 5) is 56.7. The third-order valence-electron chi connectivity index (χ3n) is 8.03. The second-order valence-electron chi connectivity index (χ2n) is 10.5. The van der Waals surface area contributed by atoms with Gasteiger partial charge in [0.2, 0.25) is 11.8 Å². The summed E-state index contributed by atoms with van der Waals surface area (Å²) in [6, 6.07) is 13.1. The zero-order valence-corrected chi connectivity index (χ0v) is 24.5. The Kier molecular flexibility index (Phi) is 8.97. The van der Waals surface area contributed by atoms with E-state index in [1.54, 1.807) is 30.1 Å². The minimum Gasteiger partial charge on any atom is -0.341 e. The van der Waals surface area contributed by atoms with Crippen molar-refractivity contribution in [2.24, 2.45) is 0 Å². The lowest BCUT2D eigenvalue weighted by atomic mass is 10.0. The topological polar surface area (TPSA) is 96.7 Å². The SMILES string of the molecule is CNCCn1c(=O)c(-c2cccc(Cl)c2Cl)cn(CC(=O)N2CCC(N3CCc4ccccc4CC3=O)CC2)c1=O. The molecule has 41 heavy (non-hydrogen) atoms. The molecule has 0 saturated carbocycles. The molecule has 2 amide bonds. The van der Waals surface area contributed by atoms with Crippen LogP contribution in [0.4, 0.5) is 0 Å². The zero-order valence-electron chi connectivity index (χ0n) is 22.9. The Morgan fingerprint density at radius 2 is 1.68 bits per heavy atom. The molecule has 3 aromatic rings. The largest absolute Gasteiger partial charge is 0.341 e. The van der Waals surface area contributed by atoms with Crippen LogP contribution in [0, 0.1) is 0 Å². The highest BCUT2D eigenvalue weighted by Crippen LogP contribution is 2.31. The van der Waals surface area contributed by atoms with E-state index >= 15 is 0 Å². The van der Waals surface area contributed by atoms with Gasteiger partial charge >= 0.3 is 5.69 Å². The molecule has 1 fully saturated rings. The average molecular weight is 599 g/mol. The Morgan fingerprint density at radius 1 is 0.951 bits per heavy atom. The first-order valence-corrected chi connectivity index (χ1v) is 14.6. The van der Waals surface area contributed by atoms with Gasteiger partial charge in [0, 0.05) is 50.5 Å². The van der Waals surface area contributed by atoms with Crippen molar-refractivity contribution < 1.29 is 9.59 Å². The van der Waals surface area contributed by atoms with Gasteiger partial charge in [0.1, 0.15) is 6.54 Å². The normalized spacial score (nSPS) is 16.0. The number of halogens is 2. The van der Waals surface area contributed by atoms with Crippen molar-refractivity contribution in [3.05, 3.63) is 90.7 Å². The fourth-order valence-electron chi connectivity index (χ4n) is 5.75. The van der Waals surface area contributed by atoms with Crippen LogP contribution in [0.5, 0.6) is 0 Å². The monoisotopic (exact) mass is 597 g/mol. The van der Waals surface area contributed by atoms with Crippen LogP contribution in [-0.2, 0) is 35.5 Å². The second-order valence-corrected chi connectivity index (χ2v) is 11.3. The number of nitrogens with zero attached hydrogens (tertiary/aromatic N) is 4. The maximum Gasteiger partial charge on any atom is 0.331 e. The third kappa shape index (κ3) is 6.12. The van der Waals surface area contributed by atoms with Crippen molar-refractivity contribution in [3.63, 3.8) is 0 Å². The molecule has 11 heteroatoms. The van der Waals surface area contributed by atoms with Crippen LogP contribution >= 0.6 is 23.2 Å². The fourth-order valence-corrected chi connectivity index (χ4v) is 6.15. The van der Waals surface area contributed by atoms with Crippen LogP contribution in [-0.4, -0.2) is 70.0 Å². The first-order valence-electron chi connectivity index (χ1n) is 13.9. The van der Waals surface area contributed by atoms with Gasteiger partial charge in [-0.05, 0) is 43.5 Å². The van der Waals surface area contributed by atoms with Crippen LogP contribution in [0.3, 0.4) is 0 Å². The molecule has 0 bridgehead atoms. The van der Waals surface area contributed by atoms with Crippen molar-refractivity contribution >= 4 is 35.0 Å². The van der Waals surface area contributed by atoms with Crippen molar-refractivity contribution in [1.29, 1.82) is 0 Å². The number of benzene rings is 2. The summed E-state index contributed by atoms with van der Waals surface area (Å²) < 4.78 is 2.39. The molecule has 9 nitrogen and oxygen atoms in total. The van der Waals surface area contributed by atoms with Crippen LogP contribution in [0.15, 0.2) is 58.3 Å². The van der Waals surface area contributed by atoms with E-state index in [1.165, 1.54) is 16.3 Å². The van der Waals surface area contributed by atoms with Crippen LogP contribution < -0.4 is 16.6 Å². The van der Waals surface area contributed by atoms with E-state index in [0.717, 1.165) is 16.6 Å². The zero-order chi connectivity index (χ0) is 29.1. The van der Waals surface area contributed by atoms with E-state index in [0.29, 0.717) is 51.0 Å². The minimum atomic E-state index is -0.565. The Labute approximate surface area is 248 Å². The maximum atomic E-state index is 13.4. The van der Waals surface area contributed by atoms with E-state index in [-0.39, 0.29) is 46.6 Å². The van der Waals surface area contributed by atoms with Gasteiger partial charge in [0.25, 0.3) is 5.56 Å². The molecule has 2 aliphatic rings. The summed E-state index contributed by atoms with van der Waals surface area (Å²) in [7, 11) is 1.73. The van der Waals surface area contributed by atoms with Gasteiger partial charge in [-0.1, -0.05) is 59.6 Å². The number of rotatable bonds is 7. The fraction of sp³-hybridized carbons (Fsp3) is 0.400. The van der Waals surface area contributed by atoms with Crippen molar-refractivity contribution in [2.75, 3.05) is 33.2 Å². The maximum absolute atomic E-state index is 13.4. The molecule has 0 unspecified atom stereocenters. The standard InChI is InChI=1S/C30H33Cl2N5O4/c1-33-12-16-37-29(40)24(23-7-4-8-25(31)28(23)32)18-35(30(37)41)19-27(39)34-13-10-22(11-14-34)36-15-9-20-5-2-3-6-21(20)17-26(36)38/h2-8,18,22,33H,9-17,19H2,1H3. The van der Waals surface area contributed by atoms with Gasteiger partial charge in [-0.25, -0.2) is 4.79 Å². The van der Waals surface area contributed by atoms with Crippen LogP contribution in [0.1, 0.15) is 24.0 Å². The van der Waals surface area contributed by atoms with Gasteiger partial charge < -0.3 is 15.1 Å². The summed E-state index contributed by atoms with van der Waals surface area (Å²) in [6.45, 7) is 1.96. The van der Waals surface area contributed by atoms with Gasteiger partial charge in [-0.2, -0.15) is 0 Å². The molecular formula is C30H33Cl2N5O4. The Hall–Kier alpha value is -3.40. The molecular weight excluding hydrogens is 565 g/mol. The third-order valence-corrected chi connectivity index (χ3v) is 8.85. The highest BCUT2D eigenvalue weighted by molar-refractivity contribution is 6.43. The first-order chi connectivity index (χ1) is 19.8. The lowest BCUT2D eigenvalue weighted by Crippen LogP contribution is -2.50. The molecule has 216 valence electrons. The highest BCUT2D eigenvalue weighted by Gasteiger charge is 2.31. The summed E-state index contributed by atoms with van der Waals surface area (Å²) in [5, 5.41) is 3.44. The van der Waals surface area contributed by atoms with Crippen molar-refractivity contribution in [2.45, 2.75) is 44.8 Å². The number of likely N-dealkylation sites (N-methyl/N-ethyl adjacent to an activating group) is 1. The summed E-state index contributed by atoms with van der Waals surface area (Å²) >= 11 is 12.6. The van der Waals surface area contributed by atoms with E-state index in [2.05, 4.69) is 11.4 Å². The molecule has 1 saturated heterocycles. The van der Waals surface area contributed by atoms with Gasteiger partial charge in [-0.15, -0.1) is 0 Å². The molecule has 0 aliphatic carbocycles. The van der Waals surface area contributed by atoms with Crippen LogP contribution in [0.2, 0.25) is 10.0 Å². The molecule has 3 heterocycles. The molecule has 2 aliphatic heterocycles. The Balaban J connectivity index is 1.32. The van der Waals surface area contributed by atoms with E-state index in [4.69, 9.17) is 23.2 Å². The number of nitrogens with one attached hydrogen (secondary N) is 1. The lowest BCUT2D eigenvalue weighted by Gasteiger charge is -2.38. The summed E-state index contributed by atoms with van der Waals surface area (Å²) in [5.41, 5.74) is 1.84. The average Bonchev–Trinajstić information content (AvgIpc) is 3.14. The lowest BCUT2D eigenvalue weighted by molar-refractivity contribution is -0.136. The number of piperidine rings is 1. The van der Waals surface area contributed by atoms with Gasteiger partial charge in [-0.3, -0.25) is 23.5 Å². The number of amides is 2. The molecule has 1 aromatic heterocycles. The van der Waals surface area contributed by atoms with Crippen molar-refractivity contribution in [3.8, 4) is 11.1 Å². The van der Waals surface area contributed by atoms with Gasteiger partial charge in [0.15, 0.2) is 0 Å². The summed E-state index contributed by atoms with van der Waals surface area (Å²) in [5.74, 6) is -0.0931. The predicted molar refractivity (Wildman–Crippen MR) is 160 cm³/mol. The number of fused-ring (bicyclic) bond motifs is 1. The molecule has 1 N–H and O–H groups in total. The van der Waals surface area contributed by atoms with E-state index < -0.39 is 11.2 Å². The van der Waals surface area contributed by atoms with Crippen molar-refractivity contribution in [1.82, 2.24) is 24.3 Å². The Bertz CT molecular complexity index is 1580. The van der Waals surface area contributed by atoms with Gasteiger partial charge in [0.05, 0.1) is 22.0 Å². The smallest absolute Gasteiger partial charge is 0.331 e. The number of carbonyl (C=O) groups excluding carboxylic acids is 2. The summed E-state index contributed by atoms with van der Waals surface area (Å²) in [6.07, 6.45) is 3.98. The number of hydrogen-bond donors (Lipinski definition) is 1. The number of aromatic nitrogens is 2. The number of hydrogen-bond acceptors (Lipinski definition) is 5. The second kappa shape index (κ2) is 12.6. The molecule has 2 aromatic carbocycles. The van der Waals surface area contributed by atoms with Crippen LogP contribution in [0.25, 0.3) is 11.1 Å². The number of carbonyl (C=O) groups is 2. The highest BCUT2D eigenvalue weighted by atomic mass is 35.5. The quantitative estimate of drug-likeness (QED) is 0.452. The Morgan fingerprint density at radius 3 is 2.41 bits per heavy atom.